The maximum Gasteiger partial charge on any atom is 0.225 e. The van der Waals surface area contributed by atoms with Crippen molar-refractivity contribution in [3.63, 3.8) is 0 Å². The molecule has 0 radical (unpaired) electrons. The molecule has 1 spiro atoms. The zero-order valence-corrected chi connectivity index (χ0v) is 13.1. The third-order valence-electron chi connectivity index (χ3n) is 4.41. The molecule has 2 fully saturated rings. The number of rotatable bonds is 4. The van der Waals surface area contributed by atoms with E-state index < -0.39 is 0 Å². The van der Waals surface area contributed by atoms with Gasteiger partial charge in [0.2, 0.25) is 5.91 Å². The Labute approximate surface area is 136 Å². The highest BCUT2D eigenvalue weighted by molar-refractivity contribution is 5.92. The second-order valence-electron chi connectivity index (χ2n) is 5.90. The molecular formula is C17H21N3O3. The predicted molar refractivity (Wildman–Crippen MR) is 84.7 cm³/mol. The first-order chi connectivity index (χ1) is 11.2. The molecule has 0 bridgehead atoms. The van der Waals surface area contributed by atoms with Crippen molar-refractivity contribution in [1.82, 2.24) is 4.90 Å². The van der Waals surface area contributed by atoms with Crippen LogP contribution in [0.15, 0.2) is 24.3 Å². The van der Waals surface area contributed by atoms with Gasteiger partial charge in [0.15, 0.2) is 5.79 Å². The molecule has 1 amide bonds. The summed E-state index contributed by atoms with van der Waals surface area (Å²) in [6.07, 6.45) is 2.12. The number of nitrogens with one attached hydrogen (secondary N) is 1. The van der Waals surface area contributed by atoms with E-state index in [4.69, 9.17) is 14.7 Å². The van der Waals surface area contributed by atoms with Crippen LogP contribution in [0.2, 0.25) is 0 Å². The zero-order valence-electron chi connectivity index (χ0n) is 13.1. The standard InChI is InChI=1S/C17H21N3O3/c18-13-14-3-1-2-4-15(14)19-16(21)5-8-20-9-6-17(7-10-20)22-11-12-23-17/h1-4H,5-12H2,(H,19,21). The molecular weight excluding hydrogens is 294 g/mol. The Balaban J connectivity index is 1.44. The van der Waals surface area contributed by atoms with E-state index in [2.05, 4.69) is 16.3 Å². The first-order valence-electron chi connectivity index (χ1n) is 8.00. The molecule has 0 atom stereocenters. The van der Waals surface area contributed by atoms with Crippen LogP contribution in [-0.2, 0) is 14.3 Å². The van der Waals surface area contributed by atoms with Crippen LogP contribution in [0.5, 0.6) is 0 Å². The van der Waals surface area contributed by atoms with Crippen molar-refractivity contribution >= 4 is 11.6 Å². The molecule has 6 heteroatoms. The van der Waals surface area contributed by atoms with Gasteiger partial charge in [-0.2, -0.15) is 5.26 Å². The van der Waals surface area contributed by atoms with Crippen molar-refractivity contribution in [3.05, 3.63) is 29.8 Å². The fourth-order valence-electron chi connectivity index (χ4n) is 3.06. The van der Waals surface area contributed by atoms with Gasteiger partial charge in [-0.05, 0) is 12.1 Å². The number of carbonyl (C=O) groups is 1. The highest BCUT2D eigenvalue weighted by Crippen LogP contribution is 2.31. The molecule has 0 aromatic heterocycles. The highest BCUT2D eigenvalue weighted by atomic mass is 16.7. The number of hydrogen-bond donors (Lipinski definition) is 1. The van der Waals surface area contributed by atoms with Crippen LogP contribution < -0.4 is 5.32 Å². The Morgan fingerprint density at radius 3 is 2.65 bits per heavy atom. The van der Waals surface area contributed by atoms with Gasteiger partial charge in [-0.1, -0.05) is 12.1 Å². The van der Waals surface area contributed by atoms with Crippen molar-refractivity contribution in [3.8, 4) is 6.07 Å². The highest BCUT2D eigenvalue weighted by Gasteiger charge is 2.39. The maximum atomic E-state index is 12.1. The lowest BCUT2D eigenvalue weighted by atomic mass is 10.0. The number of carbonyl (C=O) groups excluding carboxylic acids is 1. The number of benzene rings is 1. The van der Waals surface area contributed by atoms with E-state index in [1.807, 2.05) is 6.07 Å². The number of nitrogens with zero attached hydrogens (tertiary/aromatic N) is 2. The molecule has 1 N–H and O–H groups in total. The van der Waals surface area contributed by atoms with Crippen molar-refractivity contribution in [2.45, 2.75) is 25.0 Å². The Morgan fingerprint density at radius 2 is 1.96 bits per heavy atom. The predicted octanol–water partition coefficient (Wildman–Crippen LogP) is 1.73. The Morgan fingerprint density at radius 1 is 1.26 bits per heavy atom. The summed E-state index contributed by atoms with van der Waals surface area (Å²) in [6.45, 7) is 3.82. The van der Waals surface area contributed by atoms with Gasteiger partial charge in [0, 0.05) is 38.9 Å². The molecule has 23 heavy (non-hydrogen) atoms. The SMILES string of the molecule is N#Cc1ccccc1NC(=O)CCN1CCC2(CC1)OCCO2. The fraction of sp³-hybridized carbons (Fsp3) is 0.529. The first-order valence-corrected chi connectivity index (χ1v) is 8.00. The summed E-state index contributed by atoms with van der Waals surface area (Å²) in [5, 5.41) is 11.8. The van der Waals surface area contributed by atoms with Gasteiger partial charge in [-0.25, -0.2) is 0 Å². The summed E-state index contributed by atoms with van der Waals surface area (Å²) in [5.74, 6) is -0.439. The van der Waals surface area contributed by atoms with Crippen LogP contribution in [-0.4, -0.2) is 49.4 Å². The summed E-state index contributed by atoms with van der Waals surface area (Å²) in [4.78, 5) is 14.3. The van der Waals surface area contributed by atoms with Gasteiger partial charge in [0.25, 0.3) is 0 Å². The topological polar surface area (TPSA) is 74.6 Å². The summed E-state index contributed by atoms with van der Waals surface area (Å²) in [6, 6.07) is 9.11. The minimum Gasteiger partial charge on any atom is -0.347 e. The van der Waals surface area contributed by atoms with Crippen LogP contribution >= 0.6 is 0 Å². The lowest BCUT2D eigenvalue weighted by Gasteiger charge is -2.37. The van der Waals surface area contributed by atoms with E-state index in [-0.39, 0.29) is 11.7 Å². The average Bonchev–Trinajstić information content (AvgIpc) is 3.03. The van der Waals surface area contributed by atoms with Gasteiger partial charge in [-0.3, -0.25) is 4.79 Å². The quantitative estimate of drug-likeness (QED) is 0.916. The molecule has 0 unspecified atom stereocenters. The molecule has 2 saturated heterocycles. The van der Waals surface area contributed by atoms with E-state index in [1.54, 1.807) is 18.2 Å². The number of ether oxygens (including phenoxy) is 2. The Kier molecular flexibility index (Phi) is 4.91. The molecule has 122 valence electrons. The number of nitriles is 1. The van der Waals surface area contributed by atoms with Crippen molar-refractivity contribution in [2.24, 2.45) is 0 Å². The number of likely N-dealkylation sites (tertiary alicyclic amines) is 1. The Bertz CT molecular complexity index is 595. The number of anilines is 1. The summed E-state index contributed by atoms with van der Waals surface area (Å²) in [5.41, 5.74) is 1.06. The largest absolute Gasteiger partial charge is 0.347 e. The van der Waals surface area contributed by atoms with Crippen LogP contribution in [0.4, 0.5) is 5.69 Å². The third-order valence-corrected chi connectivity index (χ3v) is 4.41. The molecule has 2 aliphatic rings. The Hall–Kier alpha value is -1.94. The van der Waals surface area contributed by atoms with Gasteiger partial charge < -0.3 is 19.7 Å². The van der Waals surface area contributed by atoms with Gasteiger partial charge in [0.1, 0.15) is 6.07 Å². The van der Waals surface area contributed by atoms with E-state index in [9.17, 15) is 4.79 Å². The van der Waals surface area contributed by atoms with E-state index >= 15 is 0 Å². The van der Waals surface area contributed by atoms with Crippen molar-refractivity contribution < 1.29 is 14.3 Å². The van der Waals surface area contributed by atoms with Gasteiger partial charge in [0.05, 0.1) is 24.5 Å². The van der Waals surface area contributed by atoms with Crippen molar-refractivity contribution in [2.75, 3.05) is 38.2 Å². The lowest BCUT2D eigenvalue weighted by molar-refractivity contribution is -0.185. The maximum absolute atomic E-state index is 12.1. The minimum absolute atomic E-state index is 0.0682. The number of amides is 1. The summed E-state index contributed by atoms with van der Waals surface area (Å²) >= 11 is 0. The van der Waals surface area contributed by atoms with Crippen LogP contribution in [0.1, 0.15) is 24.8 Å². The molecule has 2 aliphatic heterocycles. The molecule has 1 aromatic rings. The number of hydrogen-bond acceptors (Lipinski definition) is 5. The monoisotopic (exact) mass is 315 g/mol. The zero-order chi connectivity index (χ0) is 16.1. The summed E-state index contributed by atoms with van der Waals surface area (Å²) < 4.78 is 11.4. The van der Waals surface area contributed by atoms with Gasteiger partial charge in [-0.15, -0.1) is 0 Å². The van der Waals surface area contributed by atoms with Crippen LogP contribution in [0.3, 0.4) is 0 Å². The minimum atomic E-state index is -0.371. The normalized spacial score (nSPS) is 20.3. The number of para-hydroxylation sites is 1. The van der Waals surface area contributed by atoms with E-state index in [0.29, 0.717) is 37.4 Å². The fourth-order valence-corrected chi connectivity index (χ4v) is 3.06. The molecule has 0 aliphatic carbocycles. The smallest absolute Gasteiger partial charge is 0.225 e. The van der Waals surface area contributed by atoms with E-state index in [0.717, 1.165) is 25.9 Å². The molecule has 0 saturated carbocycles. The van der Waals surface area contributed by atoms with Crippen LogP contribution in [0, 0.1) is 11.3 Å². The second kappa shape index (κ2) is 7.09. The molecule has 3 rings (SSSR count). The van der Waals surface area contributed by atoms with Crippen LogP contribution in [0.25, 0.3) is 0 Å². The first kappa shape index (κ1) is 15.9. The molecule has 6 nitrogen and oxygen atoms in total. The third kappa shape index (κ3) is 3.88. The molecule has 1 aromatic carbocycles. The summed E-state index contributed by atoms with van der Waals surface area (Å²) in [7, 11) is 0. The van der Waals surface area contributed by atoms with Gasteiger partial charge >= 0.3 is 0 Å². The molecule has 2 heterocycles. The number of piperidine rings is 1. The lowest BCUT2D eigenvalue weighted by Crippen LogP contribution is -2.45. The van der Waals surface area contributed by atoms with Crippen molar-refractivity contribution in [1.29, 1.82) is 5.26 Å². The second-order valence-corrected chi connectivity index (χ2v) is 5.90. The average molecular weight is 315 g/mol. The van der Waals surface area contributed by atoms with E-state index in [1.165, 1.54) is 0 Å².